The van der Waals surface area contributed by atoms with Crippen molar-refractivity contribution in [2.75, 3.05) is 23.9 Å². The van der Waals surface area contributed by atoms with E-state index in [0.29, 0.717) is 27.7 Å². The van der Waals surface area contributed by atoms with Gasteiger partial charge in [0.15, 0.2) is 6.10 Å². The smallest absolute Gasteiger partial charge is 0.337 e. The first kappa shape index (κ1) is 18.7. The summed E-state index contributed by atoms with van der Waals surface area (Å²) >= 11 is 6.01. The fourth-order valence-corrected chi connectivity index (χ4v) is 2.86. The number of nitrogens with zero attached hydrogens (tertiary/aromatic N) is 1. The molecule has 1 unspecified atom stereocenters. The lowest BCUT2D eigenvalue weighted by Crippen LogP contribution is -2.47. The molecule has 0 radical (unpaired) electrons. The Morgan fingerprint density at radius 1 is 1.22 bits per heavy atom. The molecule has 0 aromatic heterocycles. The molecular formula is C19H17ClN2O5. The Balaban J connectivity index is 1.74. The van der Waals surface area contributed by atoms with E-state index in [4.69, 9.17) is 16.3 Å². The molecule has 1 atom stereocenters. The number of rotatable bonds is 4. The van der Waals surface area contributed by atoms with E-state index < -0.39 is 18.0 Å². The number of anilines is 2. The standard InChI is InChI=1S/C19H17ClN2O5/c1-11-18(24)22(15-9-13(20)5-8-16(15)27-11)10-17(23)21-14-6-3-12(4-7-14)19(25)26-2/h3-9,11H,10H2,1-2H3,(H,21,23). The van der Waals surface area contributed by atoms with Gasteiger partial charge in [0.2, 0.25) is 5.91 Å². The van der Waals surface area contributed by atoms with Crippen LogP contribution >= 0.6 is 11.6 Å². The van der Waals surface area contributed by atoms with Gasteiger partial charge in [-0.15, -0.1) is 0 Å². The SMILES string of the molecule is COC(=O)c1ccc(NC(=O)CN2C(=O)C(C)Oc3ccc(Cl)cc32)cc1. The van der Waals surface area contributed by atoms with Crippen molar-refractivity contribution in [2.45, 2.75) is 13.0 Å². The maximum atomic E-state index is 12.5. The Bertz CT molecular complexity index is 897. The Morgan fingerprint density at radius 3 is 2.59 bits per heavy atom. The van der Waals surface area contributed by atoms with Gasteiger partial charge < -0.3 is 14.8 Å². The van der Waals surface area contributed by atoms with Crippen molar-refractivity contribution >= 4 is 40.8 Å². The molecule has 8 heteroatoms. The normalized spacial score (nSPS) is 15.6. The maximum absolute atomic E-state index is 12.5. The van der Waals surface area contributed by atoms with Crippen molar-refractivity contribution in [3.63, 3.8) is 0 Å². The van der Waals surface area contributed by atoms with E-state index in [0.717, 1.165) is 0 Å². The summed E-state index contributed by atoms with van der Waals surface area (Å²) in [5, 5.41) is 3.13. The van der Waals surface area contributed by atoms with Gasteiger partial charge >= 0.3 is 5.97 Å². The largest absolute Gasteiger partial charge is 0.479 e. The summed E-state index contributed by atoms with van der Waals surface area (Å²) in [6.07, 6.45) is -0.703. The number of nitrogens with one attached hydrogen (secondary N) is 1. The molecule has 2 aromatic rings. The predicted octanol–water partition coefficient (Wildman–Crippen LogP) is 2.88. The van der Waals surface area contributed by atoms with Crippen molar-refractivity contribution in [3.8, 4) is 5.75 Å². The van der Waals surface area contributed by atoms with Crippen molar-refractivity contribution in [3.05, 3.63) is 53.1 Å². The highest BCUT2D eigenvalue weighted by molar-refractivity contribution is 6.31. The molecule has 140 valence electrons. The van der Waals surface area contributed by atoms with Crippen LogP contribution in [0.1, 0.15) is 17.3 Å². The zero-order chi connectivity index (χ0) is 19.6. The Morgan fingerprint density at radius 2 is 1.93 bits per heavy atom. The van der Waals surface area contributed by atoms with Gasteiger partial charge in [-0.1, -0.05) is 11.6 Å². The van der Waals surface area contributed by atoms with E-state index in [9.17, 15) is 14.4 Å². The molecule has 0 fully saturated rings. The molecule has 2 amide bonds. The highest BCUT2D eigenvalue weighted by Crippen LogP contribution is 2.36. The summed E-state index contributed by atoms with van der Waals surface area (Å²) in [5.74, 6) is -0.703. The second-order valence-electron chi connectivity index (χ2n) is 5.91. The molecule has 1 aliphatic rings. The fourth-order valence-electron chi connectivity index (χ4n) is 2.69. The number of fused-ring (bicyclic) bond motifs is 1. The average molecular weight is 389 g/mol. The van der Waals surface area contributed by atoms with Gasteiger partial charge in [-0.2, -0.15) is 0 Å². The summed E-state index contributed by atoms with van der Waals surface area (Å²) in [6.45, 7) is 1.43. The van der Waals surface area contributed by atoms with E-state index in [1.54, 1.807) is 49.4 Å². The highest BCUT2D eigenvalue weighted by Gasteiger charge is 2.32. The van der Waals surface area contributed by atoms with E-state index in [-0.39, 0.29) is 12.5 Å². The molecule has 27 heavy (non-hydrogen) atoms. The van der Waals surface area contributed by atoms with Gasteiger partial charge in [-0.05, 0) is 49.4 Å². The van der Waals surface area contributed by atoms with Crippen LogP contribution in [0.2, 0.25) is 5.02 Å². The van der Waals surface area contributed by atoms with Crippen molar-refractivity contribution in [2.24, 2.45) is 0 Å². The second kappa shape index (κ2) is 7.67. The molecule has 1 N–H and O–H groups in total. The number of amides is 2. The lowest BCUT2D eigenvalue weighted by Gasteiger charge is -2.32. The van der Waals surface area contributed by atoms with Crippen LogP contribution in [-0.4, -0.2) is 37.5 Å². The Kier molecular flexibility index (Phi) is 5.32. The number of halogens is 1. The first-order chi connectivity index (χ1) is 12.9. The molecule has 1 aliphatic heterocycles. The van der Waals surface area contributed by atoms with Gasteiger partial charge in [0.1, 0.15) is 12.3 Å². The van der Waals surface area contributed by atoms with Gasteiger partial charge in [0, 0.05) is 10.7 Å². The van der Waals surface area contributed by atoms with Gasteiger partial charge in [0.25, 0.3) is 5.91 Å². The van der Waals surface area contributed by atoms with Crippen LogP contribution in [0.4, 0.5) is 11.4 Å². The predicted molar refractivity (Wildman–Crippen MR) is 100 cm³/mol. The number of hydrogen-bond acceptors (Lipinski definition) is 5. The Hall–Kier alpha value is -3.06. The van der Waals surface area contributed by atoms with Crippen LogP contribution in [-0.2, 0) is 14.3 Å². The highest BCUT2D eigenvalue weighted by atomic mass is 35.5. The molecule has 0 spiro atoms. The molecule has 7 nitrogen and oxygen atoms in total. The van der Waals surface area contributed by atoms with Crippen LogP contribution in [0, 0.1) is 0 Å². The van der Waals surface area contributed by atoms with Gasteiger partial charge in [-0.25, -0.2) is 4.79 Å². The van der Waals surface area contributed by atoms with Gasteiger partial charge in [-0.3, -0.25) is 14.5 Å². The number of benzene rings is 2. The van der Waals surface area contributed by atoms with Crippen molar-refractivity contribution in [1.82, 2.24) is 0 Å². The van der Waals surface area contributed by atoms with Crippen LogP contribution in [0.5, 0.6) is 5.75 Å². The number of methoxy groups -OCH3 is 1. The van der Waals surface area contributed by atoms with E-state index in [2.05, 4.69) is 10.1 Å². The molecule has 0 bridgehead atoms. The minimum absolute atomic E-state index is 0.196. The van der Waals surface area contributed by atoms with Gasteiger partial charge in [0.05, 0.1) is 18.4 Å². The monoisotopic (exact) mass is 388 g/mol. The molecule has 0 saturated carbocycles. The average Bonchev–Trinajstić information content (AvgIpc) is 2.66. The van der Waals surface area contributed by atoms with E-state index in [1.807, 2.05) is 0 Å². The third kappa shape index (κ3) is 4.03. The summed E-state index contributed by atoms with van der Waals surface area (Å²) in [6, 6.07) is 11.1. The number of carbonyl (C=O) groups is 3. The third-order valence-corrected chi connectivity index (χ3v) is 4.26. The van der Waals surface area contributed by atoms with Crippen LogP contribution < -0.4 is 15.0 Å². The molecular weight excluding hydrogens is 372 g/mol. The summed E-state index contributed by atoms with van der Waals surface area (Å²) in [7, 11) is 1.29. The number of ether oxygens (including phenoxy) is 2. The zero-order valence-corrected chi connectivity index (χ0v) is 15.4. The minimum Gasteiger partial charge on any atom is -0.479 e. The van der Waals surface area contributed by atoms with Crippen LogP contribution in [0.25, 0.3) is 0 Å². The minimum atomic E-state index is -0.703. The molecule has 3 rings (SSSR count). The summed E-state index contributed by atoms with van der Waals surface area (Å²) in [4.78, 5) is 37.7. The lowest BCUT2D eigenvalue weighted by atomic mass is 10.2. The maximum Gasteiger partial charge on any atom is 0.337 e. The van der Waals surface area contributed by atoms with Crippen molar-refractivity contribution in [1.29, 1.82) is 0 Å². The Labute approximate surface area is 160 Å². The number of hydrogen-bond donors (Lipinski definition) is 1. The summed E-state index contributed by atoms with van der Waals surface area (Å²) < 4.78 is 10.2. The molecule has 1 heterocycles. The van der Waals surface area contributed by atoms with E-state index >= 15 is 0 Å². The quantitative estimate of drug-likeness (QED) is 0.814. The first-order valence-electron chi connectivity index (χ1n) is 8.15. The molecule has 0 aliphatic carbocycles. The fraction of sp³-hybridized carbons (Fsp3) is 0.211. The third-order valence-electron chi connectivity index (χ3n) is 4.02. The molecule has 2 aromatic carbocycles. The zero-order valence-electron chi connectivity index (χ0n) is 14.7. The van der Waals surface area contributed by atoms with Crippen LogP contribution in [0.3, 0.4) is 0 Å². The number of carbonyl (C=O) groups excluding carboxylic acids is 3. The first-order valence-corrected chi connectivity index (χ1v) is 8.52. The molecule has 0 saturated heterocycles. The second-order valence-corrected chi connectivity index (χ2v) is 6.35. The van der Waals surface area contributed by atoms with Crippen LogP contribution in [0.15, 0.2) is 42.5 Å². The lowest BCUT2D eigenvalue weighted by molar-refractivity contribution is -0.127. The van der Waals surface area contributed by atoms with Crippen molar-refractivity contribution < 1.29 is 23.9 Å². The summed E-state index contributed by atoms with van der Waals surface area (Å²) in [5.41, 5.74) is 1.31. The topological polar surface area (TPSA) is 84.9 Å². The number of esters is 1. The van der Waals surface area contributed by atoms with E-state index in [1.165, 1.54) is 12.0 Å².